The van der Waals surface area contributed by atoms with Crippen LogP contribution in [0.25, 0.3) is 22.5 Å². The number of hydrogen-bond donors (Lipinski definition) is 2. The van der Waals surface area contributed by atoms with Crippen LogP contribution in [0.15, 0.2) is 79.0 Å². The minimum Gasteiger partial charge on any atom is -0.497 e. The lowest BCUT2D eigenvalue weighted by atomic mass is 10.0. The van der Waals surface area contributed by atoms with E-state index in [0.717, 1.165) is 28.3 Å². The van der Waals surface area contributed by atoms with Gasteiger partial charge in [0, 0.05) is 41.5 Å². The number of carbonyl (C=O) groups excluding carboxylic acids is 1. The Balaban J connectivity index is 1.52. The van der Waals surface area contributed by atoms with Gasteiger partial charge in [0.2, 0.25) is 0 Å². The Labute approximate surface area is 175 Å². The minimum atomic E-state index is -0.132. The lowest BCUT2D eigenvalue weighted by molar-refractivity contribution is 0.0954. The van der Waals surface area contributed by atoms with Gasteiger partial charge in [-0.05, 0) is 36.4 Å². The Morgan fingerprint density at radius 3 is 2.73 bits per heavy atom. The highest BCUT2D eigenvalue weighted by Crippen LogP contribution is 2.28. The Kier molecular flexibility index (Phi) is 5.85. The van der Waals surface area contributed by atoms with Crippen molar-refractivity contribution in [1.82, 2.24) is 20.5 Å². The molecule has 30 heavy (non-hydrogen) atoms. The van der Waals surface area contributed by atoms with Gasteiger partial charge in [-0.1, -0.05) is 36.4 Å². The molecule has 0 bridgehead atoms. The minimum absolute atomic E-state index is 0.132. The standard InChI is InChI=1S/C24H22N4O2/c1-30-19-9-6-7-17(15-19)22-16-23(28-27-22)20-10-2-3-11-21(20)24(29)26-14-12-18-8-4-5-13-25-18/h2-11,13,15-16H,12,14H2,1H3,(H,26,29)(H,27,28). The summed E-state index contributed by atoms with van der Waals surface area (Å²) >= 11 is 0. The molecular formula is C24H22N4O2. The highest BCUT2D eigenvalue weighted by atomic mass is 16.5. The Bertz CT molecular complexity index is 1140. The first kappa shape index (κ1) is 19.4. The third kappa shape index (κ3) is 4.38. The maximum absolute atomic E-state index is 12.8. The third-order valence-electron chi connectivity index (χ3n) is 4.80. The van der Waals surface area contributed by atoms with Crippen molar-refractivity contribution < 1.29 is 9.53 Å². The fraction of sp³-hybridized carbons (Fsp3) is 0.125. The van der Waals surface area contributed by atoms with Gasteiger partial charge in [0.25, 0.3) is 5.91 Å². The molecule has 0 aliphatic rings. The van der Waals surface area contributed by atoms with Crippen molar-refractivity contribution in [3.05, 3.63) is 90.3 Å². The first-order chi connectivity index (χ1) is 14.7. The maximum atomic E-state index is 12.8. The summed E-state index contributed by atoms with van der Waals surface area (Å²) in [5.41, 5.74) is 4.84. The van der Waals surface area contributed by atoms with Gasteiger partial charge in [0.15, 0.2) is 0 Å². The lowest BCUT2D eigenvalue weighted by Crippen LogP contribution is -2.26. The topological polar surface area (TPSA) is 79.9 Å². The molecule has 0 spiro atoms. The second kappa shape index (κ2) is 9.05. The average Bonchev–Trinajstić information content (AvgIpc) is 3.30. The zero-order valence-corrected chi connectivity index (χ0v) is 16.6. The van der Waals surface area contributed by atoms with Crippen LogP contribution in [0.2, 0.25) is 0 Å². The van der Waals surface area contributed by atoms with Crippen molar-refractivity contribution in [3.8, 4) is 28.3 Å². The number of nitrogens with zero attached hydrogens (tertiary/aromatic N) is 2. The summed E-state index contributed by atoms with van der Waals surface area (Å²) in [5, 5.41) is 10.5. The van der Waals surface area contributed by atoms with Gasteiger partial charge >= 0.3 is 0 Å². The first-order valence-electron chi connectivity index (χ1n) is 9.72. The largest absolute Gasteiger partial charge is 0.497 e. The fourth-order valence-electron chi connectivity index (χ4n) is 3.25. The molecule has 150 valence electrons. The Morgan fingerprint density at radius 2 is 1.90 bits per heavy atom. The highest BCUT2D eigenvalue weighted by Gasteiger charge is 2.15. The number of aromatic amines is 1. The van der Waals surface area contributed by atoms with Crippen molar-refractivity contribution in [2.45, 2.75) is 6.42 Å². The zero-order valence-electron chi connectivity index (χ0n) is 16.6. The monoisotopic (exact) mass is 398 g/mol. The molecule has 2 heterocycles. The van der Waals surface area contributed by atoms with E-state index in [1.165, 1.54) is 0 Å². The SMILES string of the molecule is COc1cccc(-c2cc(-c3ccccc3C(=O)NCCc3ccccn3)n[nH]2)c1. The van der Waals surface area contributed by atoms with E-state index in [2.05, 4.69) is 20.5 Å². The summed E-state index contributed by atoms with van der Waals surface area (Å²) in [4.78, 5) is 17.1. The fourth-order valence-corrected chi connectivity index (χ4v) is 3.25. The molecule has 0 saturated carbocycles. The van der Waals surface area contributed by atoms with Gasteiger partial charge in [-0.25, -0.2) is 0 Å². The molecule has 4 rings (SSSR count). The molecule has 4 aromatic rings. The average molecular weight is 398 g/mol. The predicted molar refractivity (Wildman–Crippen MR) is 116 cm³/mol. The number of pyridine rings is 1. The van der Waals surface area contributed by atoms with Gasteiger partial charge in [0.05, 0.1) is 18.5 Å². The van der Waals surface area contributed by atoms with Crippen molar-refractivity contribution in [3.63, 3.8) is 0 Å². The number of carbonyl (C=O) groups is 1. The normalized spacial score (nSPS) is 10.6. The molecule has 0 atom stereocenters. The molecule has 6 heteroatoms. The van der Waals surface area contributed by atoms with E-state index in [1.807, 2.05) is 72.8 Å². The Hall–Kier alpha value is -3.93. The summed E-state index contributed by atoms with van der Waals surface area (Å²) in [5.74, 6) is 0.642. The van der Waals surface area contributed by atoms with Crippen LogP contribution in [0.1, 0.15) is 16.1 Å². The molecule has 0 aliphatic carbocycles. The van der Waals surface area contributed by atoms with Gasteiger partial charge in [-0.3, -0.25) is 14.9 Å². The summed E-state index contributed by atoms with van der Waals surface area (Å²) in [6.07, 6.45) is 2.43. The van der Waals surface area contributed by atoms with Crippen LogP contribution >= 0.6 is 0 Å². The Morgan fingerprint density at radius 1 is 1.03 bits per heavy atom. The van der Waals surface area contributed by atoms with E-state index >= 15 is 0 Å². The van der Waals surface area contributed by atoms with E-state index < -0.39 is 0 Å². The van der Waals surface area contributed by atoms with E-state index in [-0.39, 0.29) is 5.91 Å². The van der Waals surface area contributed by atoms with E-state index in [0.29, 0.717) is 24.2 Å². The predicted octanol–water partition coefficient (Wildman–Crippen LogP) is 4.12. The summed E-state index contributed by atoms with van der Waals surface area (Å²) in [6.45, 7) is 0.514. The second-order valence-corrected chi connectivity index (χ2v) is 6.77. The molecule has 0 radical (unpaired) electrons. The quantitative estimate of drug-likeness (QED) is 0.491. The van der Waals surface area contributed by atoms with E-state index in [1.54, 1.807) is 13.3 Å². The van der Waals surface area contributed by atoms with Crippen LogP contribution in [-0.4, -0.2) is 34.7 Å². The van der Waals surface area contributed by atoms with Crippen molar-refractivity contribution in [1.29, 1.82) is 0 Å². The van der Waals surface area contributed by atoms with Crippen LogP contribution in [0.4, 0.5) is 0 Å². The number of aromatic nitrogens is 3. The first-order valence-corrected chi connectivity index (χ1v) is 9.72. The number of ether oxygens (including phenoxy) is 1. The summed E-state index contributed by atoms with van der Waals surface area (Å²) in [7, 11) is 1.64. The molecule has 1 amide bonds. The summed E-state index contributed by atoms with van der Waals surface area (Å²) in [6, 6.07) is 22.9. The lowest BCUT2D eigenvalue weighted by Gasteiger charge is -2.08. The number of methoxy groups -OCH3 is 1. The van der Waals surface area contributed by atoms with E-state index in [4.69, 9.17) is 4.74 Å². The number of rotatable bonds is 7. The number of H-pyrrole nitrogens is 1. The molecule has 0 unspecified atom stereocenters. The molecule has 2 N–H and O–H groups in total. The third-order valence-corrected chi connectivity index (χ3v) is 4.80. The zero-order chi connectivity index (χ0) is 20.8. The van der Waals surface area contributed by atoms with Crippen LogP contribution in [0, 0.1) is 0 Å². The molecule has 6 nitrogen and oxygen atoms in total. The molecule has 0 aliphatic heterocycles. The van der Waals surface area contributed by atoms with Crippen molar-refractivity contribution in [2.75, 3.05) is 13.7 Å². The highest BCUT2D eigenvalue weighted by molar-refractivity contribution is 6.00. The van der Waals surface area contributed by atoms with Crippen LogP contribution in [0.5, 0.6) is 5.75 Å². The molecule has 2 aromatic carbocycles. The molecule has 0 saturated heterocycles. The number of nitrogens with one attached hydrogen (secondary N) is 2. The van der Waals surface area contributed by atoms with Gasteiger partial charge in [-0.15, -0.1) is 0 Å². The molecular weight excluding hydrogens is 376 g/mol. The number of hydrogen-bond acceptors (Lipinski definition) is 4. The van der Waals surface area contributed by atoms with Crippen LogP contribution in [-0.2, 0) is 6.42 Å². The van der Waals surface area contributed by atoms with Crippen LogP contribution < -0.4 is 10.1 Å². The van der Waals surface area contributed by atoms with Crippen LogP contribution in [0.3, 0.4) is 0 Å². The van der Waals surface area contributed by atoms with Gasteiger partial charge < -0.3 is 10.1 Å². The van der Waals surface area contributed by atoms with Crippen molar-refractivity contribution >= 4 is 5.91 Å². The number of benzene rings is 2. The van der Waals surface area contributed by atoms with Gasteiger partial charge in [-0.2, -0.15) is 5.10 Å². The second-order valence-electron chi connectivity index (χ2n) is 6.77. The number of amides is 1. The molecule has 2 aromatic heterocycles. The smallest absolute Gasteiger partial charge is 0.251 e. The van der Waals surface area contributed by atoms with Gasteiger partial charge in [0.1, 0.15) is 5.75 Å². The summed E-state index contributed by atoms with van der Waals surface area (Å²) < 4.78 is 5.30. The molecule has 0 fully saturated rings. The van der Waals surface area contributed by atoms with Crippen molar-refractivity contribution in [2.24, 2.45) is 0 Å². The maximum Gasteiger partial charge on any atom is 0.251 e. The van der Waals surface area contributed by atoms with E-state index in [9.17, 15) is 4.79 Å².